The first-order chi connectivity index (χ1) is 16.1. The van der Waals surface area contributed by atoms with Crippen molar-refractivity contribution in [3.63, 3.8) is 0 Å². The van der Waals surface area contributed by atoms with Gasteiger partial charge in [-0.3, -0.25) is 19.2 Å². The number of fused-ring (bicyclic) bond motifs is 1. The average molecular weight is 631 g/mol. The third kappa shape index (κ3) is 4.57. The Kier molecular flexibility index (Phi) is 7.53. The number of hydrogen-bond donors (Lipinski definition) is 0. The maximum Gasteiger partial charge on any atom is 0.275 e. The zero-order valence-corrected chi connectivity index (χ0v) is 22.6. The molecule has 0 radical (unpaired) electrons. The van der Waals surface area contributed by atoms with Gasteiger partial charge in [0.2, 0.25) is 0 Å². The number of Topliss-reactive ketones (excluding diaryl/α,β-unsaturated/α-hetero) is 1. The van der Waals surface area contributed by atoms with E-state index < -0.39 is 41.4 Å². The van der Waals surface area contributed by atoms with E-state index in [1.807, 2.05) is 0 Å². The molecule has 10 heteroatoms. The van der Waals surface area contributed by atoms with Gasteiger partial charge in [0, 0.05) is 20.2 Å². The predicted molar refractivity (Wildman–Crippen MR) is 136 cm³/mol. The number of ketones is 1. The van der Waals surface area contributed by atoms with E-state index in [4.69, 9.17) is 23.2 Å². The van der Waals surface area contributed by atoms with E-state index in [1.54, 1.807) is 24.3 Å². The number of carbonyl (C=O) groups is 4. The summed E-state index contributed by atoms with van der Waals surface area (Å²) in [5.74, 6) is -3.28. The molecule has 1 saturated heterocycles. The topological polar surface area (TPSA) is 74.8 Å². The molecule has 0 bridgehead atoms. The van der Waals surface area contributed by atoms with Gasteiger partial charge in [-0.1, -0.05) is 67.2 Å². The fourth-order valence-corrected chi connectivity index (χ4v) is 6.03. The van der Waals surface area contributed by atoms with Crippen molar-refractivity contribution >= 4 is 78.6 Å². The zero-order chi connectivity index (χ0) is 24.7. The molecule has 34 heavy (non-hydrogen) atoms. The fraction of sp³-hybridized carbons (Fsp3) is 0.333. The Balaban J connectivity index is 1.76. The molecule has 2 aromatic rings. The number of rotatable bonds is 5. The molecule has 0 unspecified atom stereocenters. The second-order valence-corrected chi connectivity index (χ2v) is 11.6. The molecule has 2 aliphatic rings. The Hall–Kier alpha value is -1.74. The molecule has 0 spiro atoms. The second kappa shape index (κ2) is 10.1. The normalized spacial score (nSPS) is 25.1. The monoisotopic (exact) mass is 628 g/mol. The molecule has 2 aromatic carbocycles. The number of halogens is 4. The van der Waals surface area contributed by atoms with Gasteiger partial charge in [0.05, 0.1) is 22.4 Å². The van der Waals surface area contributed by atoms with Gasteiger partial charge in [-0.2, -0.15) is 5.01 Å². The van der Waals surface area contributed by atoms with Crippen LogP contribution in [0, 0.1) is 11.8 Å². The van der Waals surface area contributed by atoms with Crippen LogP contribution in [0.4, 0.5) is 0 Å². The van der Waals surface area contributed by atoms with Gasteiger partial charge in [-0.05, 0) is 56.2 Å². The summed E-state index contributed by atoms with van der Waals surface area (Å²) < 4.78 is 0. The third-order valence-corrected chi connectivity index (χ3v) is 9.61. The summed E-state index contributed by atoms with van der Waals surface area (Å²) in [6, 6.07) is 11.4. The molecular formula is C24H20Br2Cl2N2O4. The lowest BCUT2D eigenvalue weighted by atomic mass is 9.81. The van der Waals surface area contributed by atoms with Gasteiger partial charge in [-0.25, -0.2) is 5.01 Å². The Labute approximate surface area is 223 Å². The fourth-order valence-electron chi connectivity index (χ4n) is 4.45. The highest BCUT2D eigenvalue weighted by atomic mass is 79.9. The molecule has 1 heterocycles. The van der Waals surface area contributed by atoms with Crippen molar-refractivity contribution in [2.75, 3.05) is 0 Å². The van der Waals surface area contributed by atoms with Gasteiger partial charge in [0.25, 0.3) is 17.7 Å². The highest BCUT2D eigenvalue weighted by Crippen LogP contribution is 2.44. The Morgan fingerprint density at radius 3 is 2.00 bits per heavy atom. The van der Waals surface area contributed by atoms with Crippen LogP contribution in [0.2, 0.25) is 10.0 Å². The Bertz CT molecular complexity index is 1130. The van der Waals surface area contributed by atoms with Crippen LogP contribution in [0.1, 0.15) is 40.5 Å². The first-order valence-electron chi connectivity index (χ1n) is 10.7. The van der Waals surface area contributed by atoms with Crippen LogP contribution < -0.4 is 0 Å². The molecule has 5 atom stereocenters. The minimum atomic E-state index is -1.16. The van der Waals surface area contributed by atoms with Gasteiger partial charge in [-0.15, -0.1) is 0 Å². The standard InChI is InChI=1S/C24H20Br2Cl2N2O4/c1-12(21(31)13-6-8-14(27)9-7-13)29(22(32)15-4-2-3-5-20(15)28)30-23(33)16-10-18(25)19(26)11-17(16)24(30)34/h2-9,12,16-19H,10-11H2,1H3/t12-,16-,17+,18+,19-/m1/s1. The molecule has 4 rings (SSSR count). The van der Waals surface area contributed by atoms with E-state index >= 15 is 0 Å². The highest BCUT2D eigenvalue weighted by Gasteiger charge is 2.55. The van der Waals surface area contributed by atoms with Crippen molar-refractivity contribution < 1.29 is 19.2 Å². The molecule has 1 aliphatic carbocycles. The summed E-state index contributed by atoms with van der Waals surface area (Å²) in [5, 5.41) is 2.44. The van der Waals surface area contributed by atoms with Crippen LogP contribution in [0.15, 0.2) is 48.5 Å². The Morgan fingerprint density at radius 2 is 1.47 bits per heavy atom. The number of alkyl halides is 2. The molecule has 0 aromatic heterocycles. The minimum Gasteiger partial charge on any atom is -0.292 e. The van der Waals surface area contributed by atoms with Crippen LogP contribution in [0.25, 0.3) is 0 Å². The molecule has 178 valence electrons. The summed E-state index contributed by atoms with van der Waals surface area (Å²) in [7, 11) is 0. The number of amides is 3. The van der Waals surface area contributed by atoms with E-state index in [1.165, 1.54) is 31.2 Å². The summed E-state index contributed by atoms with van der Waals surface area (Å²) in [5.41, 5.74) is 0.388. The minimum absolute atomic E-state index is 0.00583. The average Bonchev–Trinajstić information content (AvgIpc) is 3.04. The predicted octanol–water partition coefficient (Wildman–Crippen LogP) is 5.54. The van der Waals surface area contributed by atoms with Crippen molar-refractivity contribution in [2.45, 2.75) is 35.5 Å². The van der Waals surface area contributed by atoms with Gasteiger partial charge in [0.1, 0.15) is 6.04 Å². The van der Waals surface area contributed by atoms with Crippen LogP contribution in [0.5, 0.6) is 0 Å². The zero-order valence-electron chi connectivity index (χ0n) is 18.0. The van der Waals surface area contributed by atoms with E-state index in [0.29, 0.717) is 23.4 Å². The quantitative estimate of drug-likeness (QED) is 0.247. The lowest BCUT2D eigenvalue weighted by Gasteiger charge is -2.35. The number of hydrogen-bond acceptors (Lipinski definition) is 4. The van der Waals surface area contributed by atoms with Crippen molar-refractivity contribution in [2.24, 2.45) is 11.8 Å². The summed E-state index contributed by atoms with van der Waals surface area (Å²) in [4.78, 5) is 54.1. The largest absolute Gasteiger partial charge is 0.292 e. The number of nitrogens with zero attached hydrogens (tertiary/aromatic N) is 2. The first kappa shape index (κ1) is 25.4. The molecule has 1 saturated carbocycles. The molecular weight excluding hydrogens is 611 g/mol. The summed E-state index contributed by atoms with van der Waals surface area (Å²) in [6.07, 6.45) is 0.880. The first-order valence-corrected chi connectivity index (χ1v) is 13.2. The van der Waals surface area contributed by atoms with E-state index in [9.17, 15) is 19.2 Å². The maximum atomic E-state index is 13.7. The van der Waals surface area contributed by atoms with Crippen molar-refractivity contribution in [3.05, 3.63) is 69.7 Å². The Morgan fingerprint density at radius 1 is 0.941 bits per heavy atom. The second-order valence-electron chi connectivity index (χ2n) is 8.38. The van der Waals surface area contributed by atoms with Crippen molar-refractivity contribution in [1.82, 2.24) is 10.0 Å². The molecule has 6 nitrogen and oxygen atoms in total. The SMILES string of the molecule is C[C@H](C(=O)c1ccc(Cl)cc1)N(C(=O)c1ccccc1Cl)N1C(=O)[C@H]2C[C@@H](Br)[C@@H](Br)C[C@H]2C1=O. The molecule has 2 fully saturated rings. The van der Waals surface area contributed by atoms with E-state index in [2.05, 4.69) is 31.9 Å². The number of imide groups is 1. The van der Waals surface area contributed by atoms with Gasteiger partial charge < -0.3 is 0 Å². The van der Waals surface area contributed by atoms with Crippen LogP contribution in [0.3, 0.4) is 0 Å². The highest BCUT2D eigenvalue weighted by molar-refractivity contribution is 9.12. The number of benzene rings is 2. The number of carbonyl (C=O) groups excluding carboxylic acids is 4. The van der Waals surface area contributed by atoms with Crippen LogP contribution >= 0.6 is 55.1 Å². The number of hydrazine groups is 1. The van der Waals surface area contributed by atoms with E-state index in [0.717, 1.165) is 10.0 Å². The van der Waals surface area contributed by atoms with Gasteiger partial charge in [0.15, 0.2) is 5.78 Å². The third-order valence-electron chi connectivity index (χ3n) is 6.29. The van der Waals surface area contributed by atoms with E-state index in [-0.39, 0.29) is 20.2 Å². The lowest BCUT2D eigenvalue weighted by molar-refractivity contribution is -0.156. The molecule has 1 aliphatic heterocycles. The van der Waals surface area contributed by atoms with Gasteiger partial charge >= 0.3 is 0 Å². The van der Waals surface area contributed by atoms with Crippen molar-refractivity contribution in [1.29, 1.82) is 0 Å². The van der Waals surface area contributed by atoms with Crippen LogP contribution in [-0.4, -0.2) is 49.2 Å². The maximum absolute atomic E-state index is 13.7. The lowest BCUT2D eigenvalue weighted by Crippen LogP contribution is -2.56. The smallest absolute Gasteiger partial charge is 0.275 e. The summed E-state index contributed by atoms with van der Waals surface area (Å²) in [6.45, 7) is 1.49. The summed E-state index contributed by atoms with van der Waals surface area (Å²) >= 11 is 19.4. The van der Waals surface area contributed by atoms with Crippen LogP contribution in [-0.2, 0) is 9.59 Å². The molecule has 3 amide bonds. The molecule has 0 N–H and O–H groups in total. The van der Waals surface area contributed by atoms with Crippen molar-refractivity contribution in [3.8, 4) is 0 Å².